The second-order valence-corrected chi connectivity index (χ2v) is 6.88. The molecule has 2 aliphatic heterocycles. The third-order valence-electron chi connectivity index (χ3n) is 5.10. The van der Waals surface area contributed by atoms with Crippen molar-refractivity contribution in [3.63, 3.8) is 0 Å². The molecule has 6 nitrogen and oxygen atoms in total. The van der Waals surface area contributed by atoms with Gasteiger partial charge >= 0.3 is 0 Å². The molecule has 1 aromatic rings. The zero-order valence-corrected chi connectivity index (χ0v) is 14.7. The number of nitrogens with one attached hydrogen (secondary N) is 2. The summed E-state index contributed by atoms with van der Waals surface area (Å²) >= 11 is 0. The fourth-order valence-electron chi connectivity index (χ4n) is 3.50. The number of amides is 2. The van der Waals surface area contributed by atoms with Gasteiger partial charge in [0.25, 0.3) is 0 Å². The molecule has 0 bridgehead atoms. The predicted octanol–water partition coefficient (Wildman–Crippen LogP) is 0.447. The van der Waals surface area contributed by atoms with Crippen LogP contribution in [0.1, 0.15) is 18.4 Å². The molecule has 6 heteroatoms. The number of rotatable bonds is 5. The molecule has 136 valence electrons. The molecule has 0 atom stereocenters. The highest BCUT2D eigenvalue weighted by Crippen LogP contribution is 2.11. The van der Waals surface area contributed by atoms with Crippen LogP contribution in [0, 0.1) is 5.92 Å². The Morgan fingerprint density at radius 1 is 1.04 bits per heavy atom. The Bertz CT molecular complexity index is 564. The van der Waals surface area contributed by atoms with Crippen LogP contribution in [0.25, 0.3) is 0 Å². The molecule has 2 amide bonds. The van der Waals surface area contributed by atoms with Gasteiger partial charge in [-0.3, -0.25) is 14.5 Å². The molecular weight excluding hydrogens is 316 g/mol. The minimum Gasteiger partial charge on any atom is -0.347 e. The number of benzene rings is 1. The first kappa shape index (κ1) is 17.9. The van der Waals surface area contributed by atoms with Crippen LogP contribution in [-0.4, -0.2) is 67.4 Å². The van der Waals surface area contributed by atoms with Gasteiger partial charge in [0, 0.05) is 38.6 Å². The van der Waals surface area contributed by atoms with Crippen molar-refractivity contribution < 1.29 is 9.59 Å². The van der Waals surface area contributed by atoms with E-state index in [1.807, 2.05) is 11.0 Å². The molecule has 3 rings (SSSR count). The van der Waals surface area contributed by atoms with Gasteiger partial charge in [-0.2, -0.15) is 0 Å². The van der Waals surface area contributed by atoms with E-state index in [2.05, 4.69) is 39.8 Å². The zero-order valence-electron chi connectivity index (χ0n) is 14.7. The first-order valence-corrected chi connectivity index (χ1v) is 9.25. The van der Waals surface area contributed by atoms with Gasteiger partial charge in [0.05, 0.1) is 6.54 Å². The SMILES string of the molecule is O=C(NCC(=O)N1CCN(Cc2ccccc2)CC1)C1CCNCC1. The smallest absolute Gasteiger partial charge is 0.242 e. The van der Waals surface area contributed by atoms with Crippen LogP contribution in [0.2, 0.25) is 0 Å². The van der Waals surface area contributed by atoms with Crippen molar-refractivity contribution in [3.8, 4) is 0 Å². The number of piperazine rings is 1. The Hall–Kier alpha value is -1.92. The minimum absolute atomic E-state index is 0.0255. The summed E-state index contributed by atoms with van der Waals surface area (Å²) in [5.41, 5.74) is 1.30. The maximum absolute atomic E-state index is 12.3. The fourth-order valence-corrected chi connectivity index (χ4v) is 3.50. The lowest BCUT2D eigenvalue weighted by Gasteiger charge is -2.35. The van der Waals surface area contributed by atoms with Crippen LogP contribution in [0.15, 0.2) is 30.3 Å². The molecule has 2 saturated heterocycles. The molecule has 0 saturated carbocycles. The molecule has 25 heavy (non-hydrogen) atoms. The lowest BCUT2D eigenvalue weighted by Crippen LogP contribution is -2.51. The topological polar surface area (TPSA) is 64.7 Å². The molecule has 2 heterocycles. The van der Waals surface area contributed by atoms with E-state index in [1.54, 1.807) is 0 Å². The molecule has 2 fully saturated rings. The molecule has 0 aliphatic carbocycles. The molecule has 0 aromatic heterocycles. The summed E-state index contributed by atoms with van der Waals surface area (Å²) in [6, 6.07) is 10.4. The number of carbonyl (C=O) groups excluding carboxylic acids is 2. The fraction of sp³-hybridized carbons (Fsp3) is 0.579. The lowest BCUT2D eigenvalue weighted by molar-refractivity contribution is -0.135. The van der Waals surface area contributed by atoms with Gasteiger partial charge in [0.15, 0.2) is 0 Å². The van der Waals surface area contributed by atoms with Gasteiger partial charge in [-0.25, -0.2) is 0 Å². The lowest BCUT2D eigenvalue weighted by atomic mass is 9.97. The molecule has 0 unspecified atom stereocenters. The molecule has 1 aromatic carbocycles. The number of nitrogens with zero attached hydrogens (tertiary/aromatic N) is 2. The summed E-state index contributed by atoms with van der Waals surface area (Å²) in [5.74, 6) is 0.107. The van der Waals surface area contributed by atoms with Crippen molar-refractivity contribution >= 4 is 11.8 Å². The number of hydrogen-bond acceptors (Lipinski definition) is 4. The average Bonchev–Trinajstić information content (AvgIpc) is 2.68. The second kappa shape index (κ2) is 8.97. The highest BCUT2D eigenvalue weighted by atomic mass is 16.2. The van der Waals surface area contributed by atoms with Crippen molar-refractivity contribution in [3.05, 3.63) is 35.9 Å². The summed E-state index contributed by atoms with van der Waals surface area (Å²) in [7, 11) is 0. The average molecular weight is 344 g/mol. The van der Waals surface area contributed by atoms with Gasteiger partial charge in [-0.05, 0) is 31.5 Å². The molecule has 2 N–H and O–H groups in total. The van der Waals surface area contributed by atoms with Crippen molar-refractivity contribution in [1.29, 1.82) is 0 Å². The van der Waals surface area contributed by atoms with Crippen LogP contribution in [0.3, 0.4) is 0 Å². The normalized spacial score (nSPS) is 19.6. The number of carbonyl (C=O) groups is 2. The van der Waals surface area contributed by atoms with Gasteiger partial charge < -0.3 is 15.5 Å². The first-order chi connectivity index (χ1) is 12.2. The summed E-state index contributed by atoms with van der Waals surface area (Å²) in [6.45, 7) is 6.04. The van der Waals surface area contributed by atoms with Crippen LogP contribution in [0.5, 0.6) is 0 Å². The molecule has 2 aliphatic rings. The van der Waals surface area contributed by atoms with Crippen molar-refractivity contribution in [2.45, 2.75) is 19.4 Å². The standard InChI is InChI=1S/C19H28N4O2/c24-18(14-21-19(25)17-6-8-20-9-7-17)23-12-10-22(11-13-23)15-16-4-2-1-3-5-16/h1-5,17,20H,6-15H2,(H,21,25). The van der Waals surface area contributed by atoms with E-state index in [4.69, 9.17) is 0 Å². The number of hydrogen-bond donors (Lipinski definition) is 2. The van der Waals surface area contributed by atoms with E-state index in [9.17, 15) is 9.59 Å². The van der Waals surface area contributed by atoms with Gasteiger partial charge in [-0.15, -0.1) is 0 Å². The largest absolute Gasteiger partial charge is 0.347 e. The predicted molar refractivity (Wildman–Crippen MR) is 96.9 cm³/mol. The second-order valence-electron chi connectivity index (χ2n) is 6.88. The Kier molecular flexibility index (Phi) is 6.42. The molecule has 0 spiro atoms. The maximum Gasteiger partial charge on any atom is 0.242 e. The van der Waals surface area contributed by atoms with Crippen LogP contribution in [-0.2, 0) is 16.1 Å². The third kappa shape index (κ3) is 5.28. The van der Waals surface area contributed by atoms with E-state index >= 15 is 0 Å². The van der Waals surface area contributed by atoms with Crippen LogP contribution in [0.4, 0.5) is 0 Å². The van der Waals surface area contributed by atoms with E-state index in [1.165, 1.54) is 5.56 Å². The van der Waals surface area contributed by atoms with Gasteiger partial charge in [0.2, 0.25) is 11.8 Å². The Labute approximate surface area is 149 Å². The maximum atomic E-state index is 12.3. The van der Waals surface area contributed by atoms with Gasteiger partial charge in [-0.1, -0.05) is 30.3 Å². The van der Waals surface area contributed by atoms with Crippen LogP contribution < -0.4 is 10.6 Å². The zero-order chi connectivity index (χ0) is 17.5. The van der Waals surface area contributed by atoms with Crippen molar-refractivity contribution in [2.24, 2.45) is 5.92 Å². The van der Waals surface area contributed by atoms with E-state index in [0.29, 0.717) is 0 Å². The van der Waals surface area contributed by atoms with Crippen molar-refractivity contribution in [2.75, 3.05) is 45.8 Å². The Morgan fingerprint density at radius 3 is 2.40 bits per heavy atom. The first-order valence-electron chi connectivity index (χ1n) is 9.25. The third-order valence-corrected chi connectivity index (χ3v) is 5.10. The summed E-state index contributed by atoms with van der Waals surface area (Å²) in [6.07, 6.45) is 1.72. The summed E-state index contributed by atoms with van der Waals surface area (Å²) < 4.78 is 0. The monoisotopic (exact) mass is 344 g/mol. The number of piperidine rings is 1. The van der Waals surface area contributed by atoms with E-state index < -0.39 is 0 Å². The van der Waals surface area contributed by atoms with E-state index in [0.717, 1.165) is 58.7 Å². The highest BCUT2D eigenvalue weighted by Gasteiger charge is 2.24. The van der Waals surface area contributed by atoms with E-state index in [-0.39, 0.29) is 24.3 Å². The highest BCUT2D eigenvalue weighted by molar-refractivity contribution is 5.86. The summed E-state index contributed by atoms with van der Waals surface area (Å²) in [4.78, 5) is 28.7. The molecule has 0 radical (unpaired) electrons. The minimum atomic E-state index is 0.0255. The van der Waals surface area contributed by atoms with Crippen LogP contribution >= 0.6 is 0 Å². The van der Waals surface area contributed by atoms with Crippen molar-refractivity contribution in [1.82, 2.24) is 20.4 Å². The Balaban J connectivity index is 1.37. The Morgan fingerprint density at radius 2 is 1.72 bits per heavy atom. The summed E-state index contributed by atoms with van der Waals surface area (Å²) in [5, 5.41) is 6.08. The van der Waals surface area contributed by atoms with Gasteiger partial charge in [0.1, 0.15) is 0 Å². The molecular formula is C19H28N4O2. The quantitative estimate of drug-likeness (QED) is 0.814.